The smallest absolute Gasteiger partial charge is 0.326 e. The summed E-state index contributed by atoms with van der Waals surface area (Å²) in [5.41, 5.74) is 0.985. The van der Waals surface area contributed by atoms with Gasteiger partial charge in [0.1, 0.15) is 12.1 Å². The highest BCUT2D eigenvalue weighted by molar-refractivity contribution is 9.10. The Kier molecular flexibility index (Phi) is 4.98. The number of halogens is 1. The molecule has 4 nitrogen and oxygen atoms in total. The summed E-state index contributed by atoms with van der Waals surface area (Å²) in [4.78, 5) is 11.0. The van der Waals surface area contributed by atoms with Gasteiger partial charge in [0, 0.05) is 4.47 Å². The predicted octanol–water partition coefficient (Wildman–Crippen LogP) is 2.99. The van der Waals surface area contributed by atoms with E-state index < -0.39 is 12.0 Å². The first kappa shape index (κ1) is 13.5. The van der Waals surface area contributed by atoms with E-state index in [0.717, 1.165) is 10.9 Å². The third-order valence-corrected chi connectivity index (χ3v) is 2.80. The molecule has 1 unspecified atom stereocenters. The SMILES string of the molecule is CCCC(Nc1cc(Br)ccc1C#N)C(=O)O. The van der Waals surface area contributed by atoms with Crippen molar-refractivity contribution in [3.05, 3.63) is 28.2 Å². The Morgan fingerprint density at radius 3 is 2.88 bits per heavy atom. The Morgan fingerprint density at radius 1 is 1.65 bits per heavy atom. The molecule has 0 amide bonds. The van der Waals surface area contributed by atoms with Crippen molar-refractivity contribution in [3.8, 4) is 6.07 Å². The second-order valence-corrected chi connectivity index (χ2v) is 4.54. The van der Waals surface area contributed by atoms with Gasteiger partial charge < -0.3 is 10.4 Å². The van der Waals surface area contributed by atoms with E-state index >= 15 is 0 Å². The number of benzene rings is 1. The van der Waals surface area contributed by atoms with Crippen molar-refractivity contribution in [1.29, 1.82) is 5.26 Å². The summed E-state index contributed by atoms with van der Waals surface area (Å²) < 4.78 is 0.805. The Balaban J connectivity index is 2.96. The van der Waals surface area contributed by atoms with Crippen molar-refractivity contribution in [2.75, 3.05) is 5.32 Å². The topological polar surface area (TPSA) is 73.1 Å². The maximum Gasteiger partial charge on any atom is 0.326 e. The lowest BCUT2D eigenvalue weighted by molar-refractivity contribution is -0.138. The van der Waals surface area contributed by atoms with Crippen LogP contribution in [0.1, 0.15) is 25.3 Å². The molecule has 0 spiro atoms. The average molecular weight is 297 g/mol. The molecule has 0 aromatic heterocycles. The van der Waals surface area contributed by atoms with Gasteiger partial charge >= 0.3 is 5.97 Å². The predicted molar refractivity (Wildman–Crippen MR) is 68.8 cm³/mol. The van der Waals surface area contributed by atoms with Crippen LogP contribution in [0.5, 0.6) is 0 Å². The molecule has 1 atom stereocenters. The standard InChI is InChI=1S/C12H13BrN2O2/c1-2-3-10(12(16)17)15-11-6-9(13)5-4-8(11)7-14/h4-6,10,15H,2-3H2,1H3,(H,16,17). The molecule has 0 saturated heterocycles. The molecule has 2 N–H and O–H groups in total. The quantitative estimate of drug-likeness (QED) is 0.876. The van der Waals surface area contributed by atoms with Gasteiger partial charge in [-0.1, -0.05) is 29.3 Å². The van der Waals surface area contributed by atoms with Crippen LogP contribution in [0.15, 0.2) is 22.7 Å². The van der Waals surface area contributed by atoms with Crippen molar-refractivity contribution in [1.82, 2.24) is 0 Å². The lowest BCUT2D eigenvalue weighted by Gasteiger charge is -2.16. The third-order valence-electron chi connectivity index (χ3n) is 2.31. The van der Waals surface area contributed by atoms with Crippen LogP contribution in [0.25, 0.3) is 0 Å². The maximum atomic E-state index is 11.0. The Bertz CT molecular complexity index is 454. The number of rotatable bonds is 5. The Morgan fingerprint density at radius 2 is 2.35 bits per heavy atom. The lowest BCUT2D eigenvalue weighted by Crippen LogP contribution is -2.29. The van der Waals surface area contributed by atoms with Crippen LogP contribution in [-0.4, -0.2) is 17.1 Å². The fraction of sp³-hybridized carbons (Fsp3) is 0.333. The van der Waals surface area contributed by atoms with E-state index in [9.17, 15) is 4.79 Å². The molecular weight excluding hydrogens is 284 g/mol. The van der Waals surface area contributed by atoms with Gasteiger partial charge in [0.15, 0.2) is 0 Å². The van der Waals surface area contributed by atoms with E-state index in [2.05, 4.69) is 21.2 Å². The molecule has 0 radical (unpaired) electrons. The molecule has 0 heterocycles. The fourth-order valence-electron chi connectivity index (χ4n) is 1.47. The van der Waals surface area contributed by atoms with E-state index in [4.69, 9.17) is 10.4 Å². The van der Waals surface area contributed by atoms with E-state index in [0.29, 0.717) is 17.7 Å². The fourth-order valence-corrected chi connectivity index (χ4v) is 1.83. The number of nitrogens with zero attached hydrogens (tertiary/aromatic N) is 1. The molecule has 90 valence electrons. The van der Waals surface area contributed by atoms with Gasteiger partial charge in [-0.25, -0.2) is 4.79 Å². The van der Waals surface area contributed by atoms with Crippen molar-refractivity contribution < 1.29 is 9.90 Å². The Labute approximate surface area is 108 Å². The second-order valence-electron chi connectivity index (χ2n) is 3.63. The number of nitriles is 1. The third kappa shape index (κ3) is 3.75. The number of carbonyl (C=O) groups is 1. The highest BCUT2D eigenvalue weighted by Gasteiger charge is 2.17. The van der Waals surface area contributed by atoms with Gasteiger partial charge in [-0.2, -0.15) is 5.26 Å². The summed E-state index contributed by atoms with van der Waals surface area (Å²) in [6, 6.07) is 6.48. The average Bonchev–Trinajstić information content (AvgIpc) is 2.28. The molecule has 1 aromatic carbocycles. The molecule has 0 bridgehead atoms. The molecule has 0 aliphatic carbocycles. The number of carboxylic acids is 1. The molecule has 1 rings (SSSR count). The molecule has 0 aliphatic heterocycles. The van der Waals surface area contributed by atoms with Crippen LogP contribution in [-0.2, 0) is 4.79 Å². The first-order valence-electron chi connectivity index (χ1n) is 5.27. The zero-order valence-corrected chi connectivity index (χ0v) is 11.0. The van der Waals surface area contributed by atoms with Crippen LogP contribution >= 0.6 is 15.9 Å². The maximum absolute atomic E-state index is 11.0. The number of hydrogen-bond donors (Lipinski definition) is 2. The van der Waals surface area contributed by atoms with Crippen LogP contribution in [0.3, 0.4) is 0 Å². The summed E-state index contributed by atoms with van der Waals surface area (Å²) in [7, 11) is 0. The summed E-state index contributed by atoms with van der Waals surface area (Å²) >= 11 is 3.29. The lowest BCUT2D eigenvalue weighted by atomic mass is 10.1. The molecule has 0 aliphatic rings. The zero-order valence-electron chi connectivity index (χ0n) is 9.40. The van der Waals surface area contributed by atoms with Gasteiger partial charge in [0.2, 0.25) is 0 Å². The van der Waals surface area contributed by atoms with Gasteiger partial charge in [-0.3, -0.25) is 0 Å². The van der Waals surface area contributed by atoms with E-state index in [1.54, 1.807) is 18.2 Å². The first-order valence-corrected chi connectivity index (χ1v) is 6.06. The van der Waals surface area contributed by atoms with Gasteiger partial charge in [0.05, 0.1) is 11.3 Å². The van der Waals surface area contributed by atoms with E-state index in [1.807, 2.05) is 13.0 Å². The highest BCUT2D eigenvalue weighted by Crippen LogP contribution is 2.22. The number of anilines is 1. The van der Waals surface area contributed by atoms with E-state index in [1.165, 1.54) is 0 Å². The van der Waals surface area contributed by atoms with Crippen LogP contribution < -0.4 is 5.32 Å². The zero-order chi connectivity index (χ0) is 12.8. The largest absolute Gasteiger partial charge is 0.480 e. The molecule has 17 heavy (non-hydrogen) atoms. The Hall–Kier alpha value is -1.54. The highest BCUT2D eigenvalue weighted by atomic mass is 79.9. The second kappa shape index (κ2) is 6.26. The van der Waals surface area contributed by atoms with Gasteiger partial charge in [-0.05, 0) is 24.6 Å². The molecule has 5 heteroatoms. The van der Waals surface area contributed by atoms with Crippen LogP contribution in [0.4, 0.5) is 5.69 Å². The minimum atomic E-state index is -0.907. The number of nitrogens with one attached hydrogen (secondary N) is 1. The molecular formula is C12H13BrN2O2. The normalized spacial score (nSPS) is 11.6. The summed E-state index contributed by atoms with van der Waals surface area (Å²) in [6.07, 6.45) is 1.28. The van der Waals surface area contributed by atoms with Gasteiger partial charge in [-0.15, -0.1) is 0 Å². The summed E-state index contributed by atoms with van der Waals surface area (Å²) in [6.45, 7) is 1.92. The monoisotopic (exact) mass is 296 g/mol. The number of carboxylic acid groups (broad SMARTS) is 1. The van der Waals surface area contributed by atoms with Crippen LogP contribution in [0, 0.1) is 11.3 Å². The molecule has 0 saturated carbocycles. The van der Waals surface area contributed by atoms with Crippen molar-refractivity contribution in [2.24, 2.45) is 0 Å². The van der Waals surface area contributed by atoms with Crippen molar-refractivity contribution in [3.63, 3.8) is 0 Å². The first-order chi connectivity index (χ1) is 8.08. The summed E-state index contributed by atoms with van der Waals surface area (Å²) in [5.74, 6) is -0.907. The number of hydrogen-bond acceptors (Lipinski definition) is 3. The van der Waals surface area contributed by atoms with Crippen molar-refractivity contribution >= 4 is 27.6 Å². The van der Waals surface area contributed by atoms with Crippen molar-refractivity contribution in [2.45, 2.75) is 25.8 Å². The summed E-state index contributed by atoms with van der Waals surface area (Å²) in [5, 5.41) is 20.9. The molecule has 1 aromatic rings. The minimum Gasteiger partial charge on any atom is -0.480 e. The molecule has 0 fully saturated rings. The van der Waals surface area contributed by atoms with E-state index in [-0.39, 0.29) is 0 Å². The minimum absolute atomic E-state index is 0.440. The van der Waals surface area contributed by atoms with Crippen LogP contribution in [0.2, 0.25) is 0 Å². The van der Waals surface area contributed by atoms with Gasteiger partial charge in [0.25, 0.3) is 0 Å². The number of aliphatic carboxylic acids is 1.